The first-order chi connectivity index (χ1) is 6.68. The second-order valence-corrected chi connectivity index (χ2v) is 3.44. The zero-order chi connectivity index (χ0) is 10.2. The molecule has 0 spiro atoms. The fourth-order valence-electron chi connectivity index (χ4n) is 1.54. The summed E-state index contributed by atoms with van der Waals surface area (Å²) in [6.45, 7) is 0. The molecular formula is C10H9NO3. The summed E-state index contributed by atoms with van der Waals surface area (Å²) in [4.78, 5) is 13.9. The van der Waals surface area contributed by atoms with Gasteiger partial charge >= 0.3 is 0 Å². The van der Waals surface area contributed by atoms with Gasteiger partial charge < -0.3 is 10.2 Å². The maximum Gasteiger partial charge on any atom is 0.235 e. The fourth-order valence-corrected chi connectivity index (χ4v) is 1.54. The SMILES string of the molecule is O=C=NC1(c2cc(O)ccc2O)CC1. The van der Waals surface area contributed by atoms with Crippen LogP contribution in [-0.4, -0.2) is 16.3 Å². The van der Waals surface area contributed by atoms with Crippen LogP contribution in [0.4, 0.5) is 0 Å². The molecule has 2 N–H and O–H groups in total. The summed E-state index contributed by atoms with van der Waals surface area (Å²) in [5.74, 6) is 0.115. The van der Waals surface area contributed by atoms with Crippen molar-refractivity contribution in [1.29, 1.82) is 0 Å². The van der Waals surface area contributed by atoms with E-state index in [1.54, 1.807) is 0 Å². The van der Waals surface area contributed by atoms with Gasteiger partial charge in [0, 0.05) is 5.56 Å². The number of nitrogens with zero attached hydrogens (tertiary/aromatic N) is 1. The second kappa shape index (κ2) is 2.86. The topological polar surface area (TPSA) is 69.9 Å². The largest absolute Gasteiger partial charge is 0.508 e. The molecule has 4 nitrogen and oxygen atoms in total. The van der Waals surface area contributed by atoms with Crippen LogP contribution in [0.5, 0.6) is 11.5 Å². The number of phenolic OH excluding ortho intramolecular Hbond substituents is 2. The monoisotopic (exact) mass is 191 g/mol. The van der Waals surface area contributed by atoms with Crippen LogP contribution in [0.1, 0.15) is 18.4 Å². The summed E-state index contributed by atoms with van der Waals surface area (Å²) in [7, 11) is 0. The Morgan fingerprint density at radius 1 is 1.36 bits per heavy atom. The lowest BCUT2D eigenvalue weighted by Gasteiger charge is -2.10. The molecule has 4 heteroatoms. The Morgan fingerprint density at radius 3 is 2.64 bits per heavy atom. The van der Waals surface area contributed by atoms with Crippen LogP contribution >= 0.6 is 0 Å². The zero-order valence-corrected chi connectivity index (χ0v) is 7.40. The van der Waals surface area contributed by atoms with E-state index < -0.39 is 5.54 Å². The summed E-state index contributed by atoms with van der Waals surface area (Å²) >= 11 is 0. The molecular weight excluding hydrogens is 182 g/mol. The Kier molecular flexibility index (Phi) is 1.79. The highest BCUT2D eigenvalue weighted by Gasteiger charge is 2.46. The smallest absolute Gasteiger partial charge is 0.235 e. The second-order valence-electron chi connectivity index (χ2n) is 3.44. The van der Waals surface area contributed by atoms with E-state index in [9.17, 15) is 15.0 Å². The molecule has 2 rings (SSSR count). The molecule has 0 bridgehead atoms. The van der Waals surface area contributed by atoms with Crippen LogP contribution in [-0.2, 0) is 10.3 Å². The van der Waals surface area contributed by atoms with Gasteiger partial charge in [0.25, 0.3) is 0 Å². The molecule has 0 amide bonds. The number of isocyanates is 1. The summed E-state index contributed by atoms with van der Waals surface area (Å²) in [5.41, 5.74) is -0.134. The molecule has 0 aliphatic heterocycles. The Hall–Kier alpha value is -1.80. The van der Waals surface area contributed by atoms with Crippen LogP contribution in [0.25, 0.3) is 0 Å². The van der Waals surface area contributed by atoms with Gasteiger partial charge in [0.1, 0.15) is 17.0 Å². The molecule has 0 saturated heterocycles. The normalized spacial score (nSPS) is 17.1. The highest BCUT2D eigenvalue weighted by molar-refractivity contribution is 5.49. The minimum Gasteiger partial charge on any atom is -0.508 e. The van der Waals surface area contributed by atoms with Gasteiger partial charge in [0.2, 0.25) is 6.08 Å². The summed E-state index contributed by atoms with van der Waals surface area (Å²) in [5, 5.41) is 18.8. The number of aliphatic imine (C=N–C) groups is 1. The lowest BCUT2D eigenvalue weighted by atomic mass is 10.0. The Bertz CT molecular complexity index is 417. The third-order valence-electron chi connectivity index (χ3n) is 2.46. The quantitative estimate of drug-likeness (QED) is 0.422. The van der Waals surface area contributed by atoms with Gasteiger partial charge in [0.05, 0.1) is 0 Å². The molecule has 0 radical (unpaired) electrons. The van der Waals surface area contributed by atoms with E-state index in [0.717, 1.165) is 0 Å². The van der Waals surface area contributed by atoms with Crippen LogP contribution < -0.4 is 0 Å². The number of phenols is 2. The van der Waals surface area contributed by atoms with Gasteiger partial charge in [-0.05, 0) is 31.0 Å². The zero-order valence-electron chi connectivity index (χ0n) is 7.40. The lowest BCUT2D eigenvalue weighted by Crippen LogP contribution is -2.02. The van der Waals surface area contributed by atoms with Crippen molar-refractivity contribution in [3.63, 3.8) is 0 Å². The van der Waals surface area contributed by atoms with Crippen LogP contribution in [0, 0.1) is 0 Å². The van der Waals surface area contributed by atoms with E-state index in [2.05, 4.69) is 4.99 Å². The average molecular weight is 191 g/mol. The molecule has 0 unspecified atom stereocenters. The number of carbonyl (C=O) groups excluding carboxylic acids is 1. The number of rotatable bonds is 2. The molecule has 14 heavy (non-hydrogen) atoms. The Morgan fingerprint density at radius 2 is 2.07 bits per heavy atom. The third kappa shape index (κ3) is 1.26. The molecule has 1 fully saturated rings. The van der Waals surface area contributed by atoms with Crippen LogP contribution in [0.3, 0.4) is 0 Å². The van der Waals surface area contributed by atoms with Crippen molar-refractivity contribution >= 4 is 6.08 Å². The van der Waals surface area contributed by atoms with E-state index in [-0.39, 0.29) is 11.5 Å². The average Bonchev–Trinajstić information content (AvgIpc) is 2.91. The first-order valence-corrected chi connectivity index (χ1v) is 4.29. The highest BCUT2D eigenvalue weighted by atomic mass is 16.3. The lowest BCUT2D eigenvalue weighted by molar-refractivity contribution is 0.446. The van der Waals surface area contributed by atoms with Crippen molar-refractivity contribution in [3.8, 4) is 11.5 Å². The maximum absolute atomic E-state index is 10.2. The molecule has 0 heterocycles. The predicted molar refractivity (Wildman–Crippen MR) is 48.8 cm³/mol. The standard InChI is InChI=1S/C10H9NO3/c12-6-11-10(3-4-10)8-5-7(13)1-2-9(8)14/h1-2,5,13-14H,3-4H2. The van der Waals surface area contributed by atoms with E-state index in [1.165, 1.54) is 24.3 Å². The molecule has 1 aromatic carbocycles. The molecule has 0 atom stereocenters. The number of hydrogen-bond donors (Lipinski definition) is 2. The first-order valence-electron chi connectivity index (χ1n) is 4.29. The molecule has 1 aliphatic carbocycles. The minimum absolute atomic E-state index is 0.0549. The minimum atomic E-state index is -0.634. The molecule has 1 aromatic rings. The van der Waals surface area contributed by atoms with Gasteiger partial charge in [0.15, 0.2) is 0 Å². The predicted octanol–water partition coefficient (Wildman–Crippen LogP) is 1.42. The highest BCUT2D eigenvalue weighted by Crippen LogP contribution is 2.52. The Labute approximate surface area is 80.5 Å². The van der Waals surface area contributed by atoms with E-state index >= 15 is 0 Å². The fraction of sp³-hybridized carbons (Fsp3) is 0.300. The van der Waals surface area contributed by atoms with Crippen molar-refractivity contribution < 1.29 is 15.0 Å². The van der Waals surface area contributed by atoms with Crippen molar-refractivity contribution in [2.75, 3.05) is 0 Å². The maximum atomic E-state index is 10.2. The van der Waals surface area contributed by atoms with Crippen molar-refractivity contribution in [1.82, 2.24) is 0 Å². The van der Waals surface area contributed by atoms with Crippen LogP contribution in [0.15, 0.2) is 23.2 Å². The molecule has 1 saturated carbocycles. The van der Waals surface area contributed by atoms with Crippen LogP contribution in [0.2, 0.25) is 0 Å². The number of aromatic hydroxyl groups is 2. The van der Waals surface area contributed by atoms with Gasteiger partial charge in [-0.15, -0.1) is 0 Å². The van der Waals surface area contributed by atoms with E-state index in [4.69, 9.17) is 0 Å². The van der Waals surface area contributed by atoms with Crippen molar-refractivity contribution in [2.45, 2.75) is 18.4 Å². The van der Waals surface area contributed by atoms with Crippen molar-refractivity contribution in [3.05, 3.63) is 23.8 Å². The summed E-state index contributed by atoms with van der Waals surface area (Å²) in [6, 6.07) is 4.22. The molecule has 0 aromatic heterocycles. The van der Waals surface area contributed by atoms with E-state index in [1.807, 2.05) is 0 Å². The first kappa shape index (κ1) is 8.78. The van der Waals surface area contributed by atoms with Gasteiger partial charge in [-0.1, -0.05) is 0 Å². The summed E-state index contributed by atoms with van der Waals surface area (Å²) < 4.78 is 0. The van der Waals surface area contributed by atoms with Gasteiger partial charge in [-0.25, -0.2) is 4.79 Å². The molecule has 72 valence electrons. The van der Waals surface area contributed by atoms with Gasteiger partial charge in [-0.3, -0.25) is 0 Å². The van der Waals surface area contributed by atoms with Gasteiger partial charge in [-0.2, -0.15) is 4.99 Å². The third-order valence-corrected chi connectivity index (χ3v) is 2.46. The number of hydrogen-bond acceptors (Lipinski definition) is 4. The van der Waals surface area contributed by atoms with Crippen molar-refractivity contribution in [2.24, 2.45) is 4.99 Å². The summed E-state index contributed by atoms with van der Waals surface area (Å²) in [6.07, 6.45) is 2.91. The number of benzene rings is 1. The van der Waals surface area contributed by atoms with E-state index in [0.29, 0.717) is 18.4 Å². The molecule has 1 aliphatic rings. The Balaban J connectivity index is 2.50.